The molecule has 0 heterocycles. The number of nitrogens with zero attached hydrogens (tertiary/aromatic N) is 6. The van der Waals surface area contributed by atoms with Crippen molar-refractivity contribution in [1.82, 2.24) is 0 Å². The summed E-state index contributed by atoms with van der Waals surface area (Å²) in [7, 11) is 2.22. The zero-order valence-electron chi connectivity index (χ0n) is 31.6. The molecule has 0 aliphatic rings. The van der Waals surface area contributed by atoms with Gasteiger partial charge < -0.3 is 19.7 Å². The highest BCUT2D eigenvalue weighted by Crippen LogP contribution is 2.44. The monoisotopic (exact) mass is 1010 g/mol. The number of nitriles is 3. The summed E-state index contributed by atoms with van der Waals surface area (Å²) in [6.45, 7) is 19.4. The van der Waals surface area contributed by atoms with Gasteiger partial charge in [-0.3, -0.25) is 9.88 Å². The molecule has 5 aromatic rings. The van der Waals surface area contributed by atoms with Crippen LogP contribution in [0.3, 0.4) is 0 Å². The van der Waals surface area contributed by atoms with Crippen molar-refractivity contribution >= 4 is 26.1 Å². The molecule has 0 radical (unpaired) electrons. The van der Waals surface area contributed by atoms with Gasteiger partial charge in [-0.25, -0.2) is 54.0 Å². The van der Waals surface area contributed by atoms with Crippen LogP contribution in [0.4, 0.5) is 101 Å². The van der Waals surface area contributed by atoms with Crippen molar-refractivity contribution in [2.24, 2.45) is 0 Å². The summed E-state index contributed by atoms with van der Waals surface area (Å²) in [6.07, 6.45) is 0. The maximum atomic E-state index is 14.5. The van der Waals surface area contributed by atoms with Gasteiger partial charge in [0, 0.05) is 0 Å². The molecule has 5 rings (SSSR count). The summed E-state index contributed by atoms with van der Waals surface area (Å²) in [5, 5.41) is 48.7. The van der Waals surface area contributed by atoms with Crippen molar-refractivity contribution < 1.29 is 103 Å². The summed E-state index contributed by atoms with van der Waals surface area (Å²) in [5.74, 6) is -52.9. The average Bonchev–Trinajstić information content (AvgIpc) is 3.34. The van der Waals surface area contributed by atoms with E-state index < -0.39 is 173 Å². The smallest absolute Gasteiger partial charge is 0.269 e. The molecular weight excluding hydrogens is 998 g/mol. The summed E-state index contributed by atoms with van der Waals surface area (Å²) in [6, 6.07) is 2.85. The Labute approximate surface area is 367 Å². The standard InChI is InChI=1S/C22F10N4O2.C8F4N2.C6H2F4O2.CH4.FH.H2NP/c1-36-18-7(4-35)10(25)20(13(28)11(18)26)38-22-16(31)14(29)21(15(30)17(22)32)37-19-9(24)6(3-34)5(2-33)8(23)12(19)27;1-13-7-5(11)3(9)4(10)6(12)8(7)14-2;7-1-2(8)6(12)4(10)3(9)5(1)11;;;1-2/h;;11-12H;1H4;1H;1-2H/i/hT. The second kappa shape index (κ2) is 23.8. The Morgan fingerprint density at radius 2 is 0.618 bits per heavy atom. The fraction of sp³-hybridized carbons (Fsp3) is 0.0270. The van der Waals surface area contributed by atoms with Crippen LogP contribution in [0.2, 0.25) is 0 Å². The van der Waals surface area contributed by atoms with E-state index in [9.17, 15) is 79.0 Å². The number of aromatic hydroxyl groups is 2. The van der Waals surface area contributed by atoms with Gasteiger partial charge in [0.15, 0.2) is 63.9 Å². The number of benzene rings is 5. The molecule has 0 aromatic heterocycles. The summed E-state index contributed by atoms with van der Waals surface area (Å²) >= 11 is 0. The molecule has 68 heavy (non-hydrogen) atoms. The maximum Gasteiger partial charge on any atom is 0.269 e. The molecule has 0 saturated heterocycles. The molecule has 0 amide bonds. The first-order valence-electron chi connectivity index (χ1n) is 15.6. The van der Waals surface area contributed by atoms with Crippen molar-refractivity contribution in [3.63, 3.8) is 0 Å². The Bertz CT molecular complexity index is 2840. The first-order chi connectivity index (χ1) is 31.9. The minimum Gasteiger partial charge on any atom is -0.503 e. The van der Waals surface area contributed by atoms with E-state index >= 15 is 0 Å². The van der Waals surface area contributed by atoms with Crippen molar-refractivity contribution in [3.8, 4) is 52.7 Å². The largest absolute Gasteiger partial charge is 0.503 e. The second-order valence-electron chi connectivity index (χ2n) is 10.7. The highest BCUT2D eigenvalue weighted by Gasteiger charge is 2.35. The van der Waals surface area contributed by atoms with Crippen LogP contribution in [0, 0.1) is 164 Å². The van der Waals surface area contributed by atoms with Crippen LogP contribution in [0.15, 0.2) is 0 Å². The minimum absolute atomic E-state index is 0. The summed E-state index contributed by atoms with van der Waals surface area (Å²) in [5.41, 5.74) is -8.26. The molecule has 3 N–H and O–H groups in total. The van der Waals surface area contributed by atoms with E-state index in [1.165, 1.54) is 0 Å². The normalized spacial score (nSPS) is 9.63. The first kappa shape index (κ1) is 57.0. The van der Waals surface area contributed by atoms with Crippen LogP contribution in [-0.4, -0.2) is 11.7 Å². The third kappa shape index (κ3) is 10.4. The van der Waals surface area contributed by atoms with Crippen LogP contribution in [0.25, 0.3) is 14.5 Å². The molecule has 0 atom stereocenters. The Morgan fingerprint density at radius 3 is 0.897 bits per heavy atom. The number of phenolic OH excluding ortho intramolecular Hbond substituents is 2. The van der Waals surface area contributed by atoms with Crippen molar-refractivity contribution in [3.05, 3.63) is 156 Å². The van der Waals surface area contributed by atoms with E-state index in [0.29, 0.717) is 0 Å². The molecule has 0 aliphatic carbocycles. The van der Waals surface area contributed by atoms with Crippen molar-refractivity contribution in [2.45, 2.75) is 7.43 Å². The van der Waals surface area contributed by atoms with E-state index in [-0.39, 0.29) is 7.43 Å². The van der Waals surface area contributed by atoms with E-state index in [4.69, 9.17) is 55.6 Å². The van der Waals surface area contributed by atoms with E-state index in [0.717, 1.165) is 18.2 Å². The zero-order valence-corrected chi connectivity index (χ0v) is 31.6. The number of halogens is 19. The third-order valence-electron chi connectivity index (χ3n) is 7.23. The van der Waals surface area contributed by atoms with Gasteiger partial charge in [0.2, 0.25) is 92.4 Å². The van der Waals surface area contributed by atoms with E-state index in [1.807, 2.05) is 0 Å². The predicted octanol–water partition coefficient (Wildman–Crippen LogP) is 13.5. The molecular formula is C37H9F19N7O4P. The van der Waals surface area contributed by atoms with Gasteiger partial charge in [-0.1, -0.05) is 7.43 Å². The van der Waals surface area contributed by atoms with Gasteiger partial charge in [0.25, 0.3) is 1.45 Å². The Morgan fingerprint density at radius 1 is 0.397 bits per heavy atom. The maximum absolute atomic E-state index is 14.5. The Balaban J connectivity index is 0.00000121. The SMILES string of the molecule is C.N=P.Oc1c(F)c(F)c(O)c(F)c1F.[3H]F.[C-]#[N+]c1c(F)c(F)c(F)c(F)c1[N+]#[C-].[C-]#[N+]c1c(F)c(F)c(Oc2c(F)c(F)c(Oc3c(F)c(F)c(C#N)c(C#N)c3F)c(F)c2F)c(F)c1C#N. The van der Waals surface area contributed by atoms with Gasteiger partial charge in [-0.05, 0) is 9.03 Å². The van der Waals surface area contributed by atoms with Crippen LogP contribution < -0.4 is 9.47 Å². The van der Waals surface area contributed by atoms with Crippen LogP contribution >= 0.6 is 9.03 Å². The quantitative estimate of drug-likeness (QED) is 0.0402. The highest BCUT2D eigenvalue weighted by molar-refractivity contribution is 7.02. The Hall–Kier alpha value is -8.99. The molecule has 0 spiro atoms. The third-order valence-corrected chi connectivity index (χ3v) is 7.23. The summed E-state index contributed by atoms with van der Waals surface area (Å²) < 4.78 is 264. The predicted molar refractivity (Wildman–Crippen MR) is 188 cm³/mol. The number of rotatable bonds is 4. The number of nitrogens with one attached hydrogen (secondary N) is 1. The number of phenols is 2. The Kier molecular flexibility index (Phi) is 20.0. The first-order valence-corrected chi connectivity index (χ1v) is 15.7. The molecule has 0 fully saturated rings. The lowest BCUT2D eigenvalue weighted by atomic mass is 10.1. The van der Waals surface area contributed by atoms with E-state index in [2.05, 4.69) is 34.5 Å². The molecule has 5 aromatic carbocycles. The molecule has 0 aliphatic heterocycles. The topological polar surface area (TPSA) is 167 Å². The van der Waals surface area contributed by atoms with Crippen LogP contribution in [-0.2, 0) is 0 Å². The highest BCUT2D eigenvalue weighted by atomic mass is 31.0. The van der Waals surface area contributed by atoms with Crippen molar-refractivity contribution in [1.29, 1.82) is 22.4 Å². The molecule has 31 heteroatoms. The lowest BCUT2D eigenvalue weighted by Crippen LogP contribution is -2.09. The van der Waals surface area contributed by atoms with Gasteiger partial charge in [-0.2, -0.15) is 55.3 Å². The average molecular weight is 1010 g/mol. The van der Waals surface area contributed by atoms with Crippen molar-refractivity contribution in [2.75, 3.05) is 0 Å². The number of hydrogen-bond donors (Lipinski definition) is 3. The fourth-order valence-corrected chi connectivity index (χ4v) is 4.26. The van der Waals surface area contributed by atoms with Gasteiger partial charge >= 0.3 is 0 Å². The van der Waals surface area contributed by atoms with E-state index in [1.54, 1.807) is 0 Å². The van der Waals surface area contributed by atoms with Crippen LogP contribution in [0.1, 0.15) is 24.1 Å². The molecule has 0 unspecified atom stereocenters. The fourth-order valence-electron chi connectivity index (χ4n) is 4.26. The van der Waals surface area contributed by atoms with Gasteiger partial charge in [0.1, 0.15) is 28.8 Å². The molecule has 0 bridgehead atoms. The minimum atomic E-state index is -2.69. The van der Waals surface area contributed by atoms with Crippen LogP contribution in [0.5, 0.6) is 34.5 Å². The molecule has 11 nitrogen and oxygen atoms in total. The second-order valence-corrected chi connectivity index (χ2v) is 10.7. The zero-order chi connectivity index (χ0) is 53.0. The molecule has 0 saturated carbocycles. The lowest BCUT2D eigenvalue weighted by molar-refractivity contribution is 0.304. The van der Waals surface area contributed by atoms with Gasteiger partial charge in [-0.15, -0.1) is 0 Å². The lowest BCUT2D eigenvalue weighted by Gasteiger charge is -2.16. The number of hydrogen-bond acceptors (Lipinski definition) is 8. The molecule has 354 valence electrons. The number of ether oxygens (including phenoxy) is 2. The summed E-state index contributed by atoms with van der Waals surface area (Å²) in [4.78, 5) is 7.21. The van der Waals surface area contributed by atoms with Gasteiger partial charge in [0.05, 0.1) is 25.8 Å².